The Hall–Kier alpha value is -1.52. The van der Waals surface area contributed by atoms with Crippen LogP contribution in [0.5, 0.6) is 0 Å². The van der Waals surface area contributed by atoms with Crippen LogP contribution in [0.4, 0.5) is 14.5 Å². The smallest absolute Gasteiger partial charge is 0.258 e. The first kappa shape index (κ1) is 18.8. The summed E-state index contributed by atoms with van der Waals surface area (Å²) in [7, 11) is 0. The summed E-state index contributed by atoms with van der Waals surface area (Å²) < 4.78 is 28.8. The lowest BCUT2D eigenvalue weighted by molar-refractivity contribution is -0.390. The molecule has 0 unspecified atom stereocenters. The topological polar surface area (TPSA) is 43.1 Å². The molecular weight excluding hydrogens is 312 g/mol. The fourth-order valence-electron chi connectivity index (χ4n) is 3.77. The summed E-state index contributed by atoms with van der Waals surface area (Å²) in [5.74, 6) is -1.85. The summed E-state index contributed by atoms with van der Waals surface area (Å²) in [5.41, 5.74) is 0.0652. The second kappa shape index (κ2) is 9.09. The maximum Gasteiger partial charge on any atom is 0.340 e. The van der Waals surface area contributed by atoms with Crippen LogP contribution < -0.4 is 0 Å². The van der Waals surface area contributed by atoms with Gasteiger partial charge in [-0.2, -0.15) is 8.78 Å². The third-order valence-electron chi connectivity index (χ3n) is 5.09. The van der Waals surface area contributed by atoms with Gasteiger partial charge in [-0.3, -0.25) is 10.1 Å². The summed E-state index contributed by atoms with van der Waals surface area (Å²) in [6.07, 6.45) is 10.7. The van der Waals surface area contributed by atoms with E-state index in [0.29, 0.717) is 17.5 Å². The molecule has 0 radical (unpaired) electrons. The van der Waals surface area contributed by atoms with Crippen molar-refractivity contribution in [1.29, 1.82) is 0 Å². The maximum absolute atomic E-state index is 14.7. The van der Waals surface area contributed by atoms with Gasteiger partial charge in [0.15, 0.2) is 0 Å². The molecule has 1 aliphatic rings. The largest absolute Gasteiger partial charge is 0.340 e. The lowest BCUT2D eigenvalue weighted by Crippen LogP contribution is -2.12. The first-order valence-corrected chi connectivity index (χ1v) is 9.21. The van der Waals surface area contributed by atoms with Crippen molar-refractivity contribution in [1.82, 2.24) is 0 Å². The molecule has 0 N–H and O–H groups in total. The van der Waals surface area contributed by atoms with Crippen molar-refractivity contribution in [3.8, 4) is 0 Å². The molecule has 0 heterocycles. The predicted octanol–water partition coefficient (Wildman–Crippen LogP) is 6.43. The standard InChI is InChI=1S/C19H27F2NO2/c1-2-3-4-5-9-12-15-16(14-10-7-6-8-11-14)13-17(20)19(18(15)21)22(23)24/h13-14H,2-12H2,1H3. The van der Waals surface area contributed by atoms with Crippen LogP contribution in [-0.2, 0) is 6.42 Å². The van der Waals surface area contributed by atoms with Crippen molar-refractivity contribution in [3.05, 3.63) is 38.9 Å². The van der Waals surface area contributed by atoms with Crippen LogP contribution in [0.3, 0.4) is 0 Å². The quantitative estimate of drug-likeness (QED) is 0.311. The van der Waals surface area contributed by atoms with Gasteiger partial charge in [-0.05, 0) is 48.8 Å². The summed E-state index contributed by atoms with van der Waals surface area (Å²) in [6.45, 7) is 2.13. The summed E-state index contributed by atoms with van der Waals surface area (Å²) in [4.78, 5) is 10.1. The predicted molar refractivity (Wildman–Crippen MR) is 91.3 cm³/mol. The molecule has 1 aromatic rings. The van der Waals surface area contributed by atoms with E-state index < -0.39 is 22.2 Å². The average Bonchev–Trinajstić information content (AvgIpc) is 2.56. The number of nitro benzene ring substituents is 1. The van der Waals surface area contributed by atoms with Crippen LogP contribution in [0, 0.1) is 21.7 Å². The number of nitro groups is 1. The van der Waals surface area contributed by atoms with Gasteiger partial charge in [0.2, 0.25) is 11.6 Å². The Bertz CT molecular complexity index is 569. The zero-order valence-corrected chi connectivity index (χ0v) is 14.5. The highest BCUT2D eigenvalue weighted by molar-refractivity contribution is 5.45. The van der Waals surface area contributed by atoms with Crippen LogP contribution in [-0.4, -0.2) is 4.92 Å². The maximum atomic E-state index is 14.7. The van der Waals surface area contributed by atoms with Gasteiger partial charge in [0.25, 0.3) is 0 Å². The Morgan fingerprint density at radius 1 is 1.12 bits per heavy atom. The van der Waals surface area contributed by atoms with E-state index in [4.69, 9.17) is 0 Å². The number of rotatable bonds is 8. The zero-order chi connectivity index (χ0) is 17.5. The molecule has 1 fully saturated rings. The molecule has 0 aliphatic heterocycles. The highest BCUT2D eigenvalue weighted by Crippen LogP contribution is 2.39. The van der Waals surface area contributed by atoms with Gasteiger partial charge in [0, 0.05) is 0 Å². The minimum absolute atomic E-state index is 0.134. The third-order valence-corrected chi connectivity index (χ3v) is 5.09. The van der Waals surface area contributed by atoms with Crippen LogP contribution in [0.15, 0.2) is 6.07 Å². The van der Waals surface area contributed by atoms with Crippen molar-refractivity contribution in [2.45, 2.75) is 83.5 Å². The van der Waals surface area contributed by atoms with Crippen molar-refractivity contribution >= 4 is 5.69 Å². The molecule has 0 atom stereocenters. The van der Waals surface area contributed by atoms with E-state index in [-0.39, 0.29) is 5.92 Å². The molecule has 0 bridgehead atoms. The Kier molecular flexibility index (Phi) is 7.13. The Morgan fingerprint density at radius 2 is 1.79 bits per heavy atom. The molecule has 1 aromatic carbocycles. The molecule has 0 aromatic heterocycles. The molecule has 24 heavy (non-hydrogen) atoms. The number of halogens is 2. The van der Waals surface area contributed by atoms with Gasteiger partial charge in [-0.15, -0.1) is 0 Å². The minimum atomic E-state index is -1.03. The monoisotopic (exact) mass is 339 g/mol. The average molecular weight is 339 g/mol. The number of hydrogen-bond donors (Lipinski definition) is 0. The molecule has 0 saturated heterocycles. The summed E-state index contributed by atoms with van der Waals surface area (Å²) >= 11 is 0. The fraction of sp³-hybridized carbons (Fsp3) is 0.684. The highest BCUT2D eigenvalue weighted by atomic mass is 19.1. The number of benzene rings is 1. The molecule has 0 spiro atoms. The highest BCUT2D eigenvalue weighted by Gasteiger charge is 2.30. The first-order chi connectivity index (χ1) is 11.6. The van der Waals surface area contributed by atoms with Gasteiger partial charge >= 0.3 is 5.69 Å². The molecule has 0 amide bonds. The molecule has 1 aliphatic carbocycles. The van der Waals surface area contributed by atoms with E-state index in [2.05, 4.69) is 6.92 Å². The third kappa shape index (κ3) is 4.52. The van der Waals surface area contributed by atoms with Crippen LogP contribution in [0.1, 0.15) is 88.2 Å². The zero-order valence-electron chi connectivity index (χ0n) is 14.5. The van der Waals surface area contributed by atoms with Gasteiger partial charge in [0.05, 0.1) is 4.92 Å². The molecular formula is C19H27F2NO2. The number of unbranched alkanes of at least 4 members (excludes halogenated alkanes) is 4. The number of nitrogens with zero attached hydrogens (tertiary/aromatic N) is 1. The molecule has 5 heteroatoms. The van der Waals surface area contributed by atoms with E-state index in [1.54, 1.807) is 0 Å². The lowest BCUT2D eigenvalue weighted by atomic mass is 9.80. The molecule has 134 valence electrons. The first-order valence-electron chi connectivity index (χ1n) is 9.21. The van der Waals surface area contributed by atoms with E-state index in [1.807, 2.05) is 0 Å². The Labute approximate surface area is 142 Å². The van der Waals surface area contributed by atoms with Crippen molar-refractivity contribution in [2.24, 2.45) is 0 Å². The van der Waals surface area contributed by atoms with E-state index in [9.17, 15) is 18.9 Å². The fourth-order valence-corrected chi connectivity index (χ4v) is 3.77. The molecule has 1 saturated carbocycles. The van der Waals surface area contributed by atoms with Crippen LogP contribution >= 0.6 is 0 Å². The second-order valence-electron chi connectivity index (χ2n) is 6.85. The van der Waals surface area contributed by atoms with E-state index >= 15 is 0 Å². The minimum Gasteiger partial charge on any atom is -0.258 e. The van der Waals surface area contributed by atoms with Crippen LogP contribution in [0.2, 0.25) is 0 Å². The number of hydrogen-bond acceptors (Lipinski definition) is 2. The Balaban J connectivity index is 2.27. The van der Waals surface area contributed by atoms with Gasteiger partial charge in [0.1, 0.15) is 0 Å². The van der Waals surface area contributed by atoms with Gasteiger partial charge in [-0.25, -0.2) is 0 Å². The second-order valence-corrected chi connectivity index (χ2v) is 6.85. The normalized spacial score (nSPS) is 15.6. The van der Waals surface area contributed by atoms with Gasteiger partial charge in [-0.1, -0.05) is 51.9 Å². The van der Waals surface area contributed by atoms with E-state index in [1.165, 1.54) is 6.07 Å². The van der Waals surface area contributed by atoms with Crippen molar-refractivity contribution < 1.29 is 13.7 Å². The molecule has 2 rings (SSSR count). The summed E-state index contributed by atoms with van der Waals surface area (Å²) in [6, 6.07) is 1.23. The van der Waals surface area contributed by atoms with Gasteiger partial charge < -0.3 is 0 Å². The van der Waals surface area contributed by atoms with Crippen molar-refractivity contribution in [3.63, 3.8) is 0 Å². The lowest BCUT2D eigenvalue weighted by Gasteiger charge is -2.25. The SMILES string of the molecule is CCCCCCCc1c(C2CCCCC2)cc(F)c([N+](=O)[O-])c1F. The Morgan fingerprint density at radius 3 is 2.42 bits per heavy atom. The summed E-state index contributed by atoms with van der Waals surface area (Å²) in [5, 5.41) is 11.0. The van der Waals surface area contributed by atoms with Crippen molar-refractivity contribution in [2.75, 3.05) is 0 Å². The van der Waals surface area contributed by atoms with E-state index in [0.717, 1.165) is 64.2 Å². The molecule has 3 nitrogen and oxygen atoms in total. The van der Waals surface area contributed by atoms with Crippen LogP contribution in [0.25, 0.3) is 0 Å².